The van der Waals surface area contributed by atoms with E-state index < -0.39 is 14.0 Å². The lowest BCUT2D eigenvalue weighted by Crippen LogP contribution is -2.41. The highest BCUT2D eigenvalue weighted by atomic mass is 28.3. The van der Waals surface area contributed by atoms with Crippen molar-refractivity contribution in [2.24, 2.45) is 5.92 Å². The predicted molar refractivity (Wildman–Crippen MR) is 98.0 cm³/mol. The number of unbranched alkanes of at least 4 members (excludes halogenated alkanes) is 1. The maximum Gasteiger partial charge on any atom is 0.303 e. The first-order valence-electron chi connectivity index (χ1n) is 9.05. The molecule has 0 aromatic carbocycles. The molecule has 1 aliphatic carbocycles. The third-order valence-electron chi connectivity index (χ3n) is 5.96. The van der Waals surface area contributed by atoms with Gasteiger partial charge in [-0.15, -0.1) is 0 Å². The van der Waals surface area contributed by atoms with Crippen LogP contribution in [0.5, 0.6) is 0 Å². The number of allylic oxidation sites excluding steroid dienone is 2. The summed E-state index contributed by atoms with van der Waals surface area (Å²) in [5, 5.41) is 11.3. The molecule has 2 nitrogen and oxygen atoms in total. The van der Waals surface area contributed by atoms with Crippen molar-refractivity contribution >= 4 is 14.0 Å². The Hall–Kier alpha value is -0.573. The summed E-state index contributed by atoms with van der Waals surface area (Å²) in [6.45, 7) is 14.4. The molecule has 22 heavy (non-hydrogen) atoms. The molecule has 1 rings (SSSR count). The summed E-state index contributed by atoms with van der Waals surface area (Å²) in [5.41, 5.74) is 1.55. The Balaban J connectivity index is 3.27. The summed E-state index contributed by atoms with van der Waals surface area (Å²) < 4.78 is 0. The molecular weight excluding hydrogens is 288 g/mol. The molecule has 1 saturated carbocycles. The van der Waals surface area contributed by atoms with Crippen molar-refractivity contribution in [3.8, 4) is 0 Å². The van der Waals surface area contributed by atoms with Gasteiger partial charge in [-0.1, -0.05) is 70.8 Å². The largest absolute Gasteiger partial charge is 0.481 e. The second kappa shape index (κ2) is 7.81. The molecule has 1 fully saturated rings. The van der Waals surface area contributed by atoms with E-state index >= 15 is 0 Å². The number of rotatable bonds is 6. The molecule has 0 aromatic rings. The Morgan fingerprint density at radius 3 is 2.41 bits per heavy atom. The van der Waals surface area contributed by atoms with Crippen molar-refractivity contribution in [1.82, 2.24) is 0 Å². The van der Waals surface area contributed by atoms with Gasteiger partial charge in [-0.05, 0) is 36.6 Å². The number of carbonyl (C=O) groups is 1. The van der Waals surface area contributed by atoms with Crippen LogP contribution in [0.25, 0.3) is 0 Å². The van der Waals surface area contributed by atoms with Crippen LogP contribution in [0.3, 0.4) is 0 Å². The Labute approximate surface area is 138 Å². The average Bonchev–Trinajstić information content (AvgIpc) is 2.38. The minimum absolute atomic E-state index is 0.298. The van der Waals surface area contributed by atoms with Crippen LogP contribution in [-0.4, -0.2) is 19.1 Å². The predicted octanol–water partition coefficient (Wildman–Crippen LogP) is 6.19. The summed E-state index contributed by atoms with van der Waals surface area (Å²) >= 11 is 0. The number of hydrogen-bond acceptors (Lipinski definition) is 1. The van der Waals surface area contributed by atoms with Crippen molar-refractivity contribution in [3.63, 3.8) is 0 Å². The molecule has 0 spiro atoms. The van der Waals surface area contributed by atoms with E-state index in [1.54, 1.807) is 10.8 Å². The van der Waals surface area contributed by atoms with Crippen LogP contribution < -0.4 is 0 Å². The van der Waals surface area contributed by atoms with Gasteiger partial charge in [-0.2, -0.15) is 0 Å². The van der Waals surface area contributed by atoms with Crippen molar-refractivity contribution in [2.45, 2.75) is 97.2 Å². The van der Waals surface area contributed by atoms with Crippen LogP contribution in [0.15, 0.2) is 10.8 Å². The molecule has 0 bridgehead atoms. The molecule has 0 heterocycles. The third kappa shape index (κ3) is 4.71. The topological polar surface area (TPSA) is 37.3 Å². The Morgan fingerprint density at radius 1 is 1.27 bits per heavy atom. The van der Waals surface area contributed by atoms with Crippen LogP contribution in [0.2, 0.25) is 18.1 Å². The second-order valence-corrected chi connectivity index (χ2v) is 13.9. The first-order chi connectivity index (χ1) is 10.1. The van der Waals surface area contributed by atoms with Crippen molar-refractivity contribution in [1.29, 1.82) is 0 Å². The summed E-state index contributed by atoms with van der Waals surface area (Å²) in [6.07, 6.45) is 8.64. The summed E-state index contributed by atoms with van der Waals surface area (Å²) in [5.74, 6) is -0.332. The molecular formula is C19H36O2Si. The van der Waals surface area contributed by atoms with Gasteiger partial charge in [0.25, 0.3) is 0 Å². The fraction of sp³-hybridized carbons (Fsp3) is 0.842. The van der Waals surface area contributed by atoms with E-state index in [-0.39, 0.29) is 0 Å². The zero-order chi connectivity index (χ0) is 17.0. The number of hydrogen-bond donors (Lipinski definition) is 1. The van der Waals surface area contributed by atoms with Gasteiger partial charge >= 0.3 is 5.97 Å². The van der Waals surface area contributed by atoms with Gasteiger partial charge in [0, 0.05) is 0 Å². The molecule has 1 atom stereocenters. The van der Waals surface area contributed by atoms with E-state index in [0.29, 0.717) is 17.4 Å². The highest BCUT2D eigenvalue weighted by Gasteiger charge is 2.40. The quantitative estimate of drug-likeness (QED) is 0.592. The van der Waals surface area contributed by atoms with Crippen LogP contribution in [0, 0.1) is 5.92 Å². The van der Waals surface area contributed by atoms with Gasteiger partial charge in [-0.25, -0.2) is 0 Å². The number of carboxylic acid groups (broad SMARTS) is 1. The standard InChI is InChI=1S/C19H36O2Si/c1-7-8-13-17(22(5,6)19(2,3)4)16-12-10-9-11-15(16)14-18(20)21/h15H,7-14H2,1-6H3,(H,20,21)/t15-/m1/s1. The fourth-order valence-corrected chi connectivity index (χ4v) is 6.44. The smallest absolute Gasteiger partial charge is 0.303 e. The molecule has 3 heteroatoms. The van der Waals surface area contributed by atoms with Crippen LogP contribution in [0.1, 0.15) is 79.1 Å². The van der Waals surface area contributed by atoms with Gasteiger partial charge in [0.2, 0.25) is 0 Å². The molecule has 128 valence electrons. The maximum absolute atomic E-state index is 11.3. The van der Waals surface area contributed by atoms with E-state index in [1.165, 1.54) is 32.1 Å². The van der Waals surface area contributed by atoms with Crippen LogP contribution >= 0.6 is 0 Å². The van der Waals surface area contributed by atoms with E-state index in [4.69, 9.17) is 0 Å². The highest BCUT2D eigenvalue weighted by Crippen LogP contribution is 2.46. The molecule has 0 saturated heterocycles. The Morgan fingerprint density at radius 2 is 1.91 bits per heavy atom. The zero-order valence-corrected chi connectivity index (χ0v) is 16.6. The van der Waals surface area contributed by atoms with Gasteiger partial charge in [0.1, 0.15) is 0 Å². The zero-order valence-electron chi connectivity index (χ0n) is 15.6. The molecule has 0 aromatic heterocycles. The summed E-state index contributed by atoms with van der Waals surface area (Å²) in [7, 11) is -1.57. The lowest BCUT2D eigenvalue weighted by atomic mass is 9.81. The summed E-state index contributed by atoms with van der Waals surface area (Å²) in [4.78, 5) is 11.3. The molecule has 1 N–H and O–H groups in total. The molecule has 0 unspecified atom stereocenters. The molecule has 0 amide bonds. The van der Waals surface area contributed by atoms with Crippen molar-refractivity contribution < 1.29 is 9.90 Å². The minimum atomic E-state index is -1.57. The SMILES string of the molecule is CCCCC(=C1CCCC[C@@H]1CC(=O)O)[Si](C)(C)C(C)(C)C. The first kappa shape index (κ1) is 19.5. The van der Waals surface area contributed by atoms with Gasteiger partial charge in [0.15, 0.2) is 0 Å². The van der Waals surface area contributed by atoms with E-state index in [2.05, 4.69) is 40.8 Å². The first-order valence-corrected chi connectivity index (χ1v) is 12.1. The normalized spacial score (nSPS) is 22.5. The summed E-state index contributed by atoms with van der Waals surface area (Å²) in [6, 6.07) is 0. The Kier molecular flexibility index (Phi) is 6.91. The lowest BCUT2D eigenvalue weighted by molar-refractivity contribution is -0.137. The van der Waals surface area contributed by atoms with Crippen LogP contribution in [0.4, 0.5) is 0 Å². The maximum atomic E-state index is 11.3. The molecule has 1 aliphatic rings. The third-order valence-corrected chi connectivity index (χ3v) is 11.8. The Bertz CT molecular complexity index is 416. The number of carboxylic acids is 1. The van der Waals surface area contributed by atoms with Gasteiger partial charge in [-0.3, -0.25) is 4.79 Å². The highest BCUT2D eigenvalue weighted by molar-refractivity contribution is 6.86. The van der Waals surface area contributed by atoms with E-state index in [0.717, 1.165) is 12.8 Å². The van der Waals surface area contributed by atoms with Crippen LogP contribution in [-0.2, 0) is 4.79 Å². The minimum Gasteiger partial charge on any atom is -0.481 e. The fourth-order valence-electron chi connectivity index (χ4n) is 3.60. The van der Waals surface area contributed by atoms with Gasteiger partial charge in [0.05, 0.1) is 14.5 Å². The molecule has 0 radical (unpaired) electrons. The lowest BCUT2D eigenvalue weighted by Gasteiger charge is -2.43. The average molecular weight is 325 g/mol. The van der Waals surface area contributed by atoms with Crippen molar-refractivity contribution in [2.75, 3.05) is 0 Å². The molecule has 0 aliphatic heterocycles. The number of aliphatic carboxylic acids is 1. The van der Waals surface area contributed by atoms with Gasteiger partial charge < -0.3 is 5.11 Å². The monoisotopic (exact) mass is 324 g/mol. The second-order valence-electron chi connectivity index (χ2n) is 8.52. The van der Waals surface area contributed by atoms with Crippen molar-refractivity contribution in [3.05, 3.63) is 10.8 Å². The van der Waals surface area contributed by atoms with E-state index in [1.807, 2.05) is 0 Å². The van der Waals surface area contributed by atoms with E-state index in [9.17, 15) is 9.90 Å².